The van der Waals surface area contributed by atoms with Crippen LogP contribution < -0.4 is 11.1 Å². The lowest BCUT2D eigenvalue weighted by Crippen LogP contribution is -2.35. The Kier molecular flexibility index (Phi) is 6.20. The minimum absolute atomic E-state index is 0.275. The van der Waals surface area contributed by atoms with Crippen LogP contribution in [0.15, 0.2) is 0 Å². The summed E-state index contributed by atoms with van der Waals surface area (Å²) in [5.74, 6) is 2.50. The topological polar surface area (TPSA) is 67.1 Å². The highest BCUT2D eigenvalue weighted by molar-refractivity contribution is 5.55. The van der Waals surface area contributed by atoms with Gasteiger partial charge in [0.25, 0.3) is 0 Å². The van der Waals surface area contributed by atoms with Crippen molar-refractivity contribution in [3.63, 3.8) is 0 Å². The van der Waals surface area contributed by atoms with E-state index in [2.05, 4.69) is 54.8 Å². The second-order valence-electron chi connectivity index (χ2n) is 5.63. The van der Waals surface area contributed by atoms with Gasteiger partial charge in [-0.3, -0.25) is 0 Å². The molecule has 1 rings (SSSR count). The summed E-state index contributed by atoms with van der Waals surface area (Å²) < 4.78 is 0. The molecule has 0 saturated carbocycles. The van der Waals surface area contributed by atoms with Gasteiger partial charge in [-0.1, -0.05) is 27.7 Å². The molecule has 5 heteroatoms. The Bertz CT molecular complexity index is 427. The van der Waals surface area contributed by atoms with Crippen LogP contribution in [-0.2, 0) is 0 Å². The number of nitrogens with zero attached hydrogens (tertiary/aromatic N) is 3. The third-order valence-electron chi connectivity index (χ3n) is 3.53. The summed E-state index contributed by atoms with van der Waals surface area (Å²) in [4.78, 5) is 11.4. The van der Waals surface area contributed by atoms with Crippen molar-refractivity contribution in [2.24, 2.45) is 0 Å². The van der Waals surface area contributed by atoms with Gasteiger partial charge in [-0.05, 0) is 26.9 Å². The number of rotatable bonds is 7. The lowest BCUT2D eigenvalue weighted by atomic mass is 10.2. The van der Waals surface area contributed by atoms with Gasteiger partial charge in [0, 0.05) is 24.1 Å². The van der Waals surface area contributed by atoms with Crippen LogP contribution in [0.3, 0.4) is 0 Å². The van der Waals surface area contributed by atoms with Crippen LogP contribution in [0.4, 0.5) is 11.6 Å². The molecule has 1 atom stereocenters. The molecule has 0 bridgehead atoms. The molecular formula is C15H29N5. The predicted octanol–water partition coefficient (Wildman–Crippen LogP) is 2.63. The zero-order chi connectivity index (χ0) is 15.3. The quantitative estimate of drug-likeness (QED) is 0.803. The number of nitrogen functional groups attached to an aromatic ring is 1. The lowest BCUT2D eigenvalue weighted by molar-refractivity contribution is 0.294. The van der Waals surface area contributed by atoms with Crippen LogP contribution in [0.1, 0.15) is 51.9 Å². The van der Waals surface area contributed by atoms with E-state index in [1.54, 1.807) is 0 Å². The van der Waals surface area contributed by atoms with Gasteiger partial charge in [-0.25, -0.2) is 9.97 Å². The van der Waals surface area contributed by atoms with Crippen LogP contribution in [0, 0.1) is 6.92 Å². The zero-order valence-electron chi connectivity index (χ0n) is 13.7. The highest BCUT2D eigenvalue weighted by Crippen LogP contribution is 2.21. The van der Waals surface area contributed by atoms with Crippen molar-refractivity contribution in [2.45, 2.75) is 53.5 Å². The number of hydrogen-bond acceptors (Lipinski definition) is 5. The first-order valence-corrected chi connectivity index (χ1v) is 7.51. The maximum atomic E-state index is 5.99. The van der Waals surface area contributed by atoms with E-state index in [0.29, 0.717) is 11.9 Å². The van der Waals surface area contributed by atoms with Crippen molar-refractivity contribution in [3.05, 3.63) is 11.4 Å². The monoisotopic (exact) mass is 279 g/mol. The van der Waals surface area contributed by atoms with E-state index >= 15 is 0 Å². The third kappa shape index (κ3) is 4.34. The minimum atomic E-state index is 0.275. The van der Waals surface area contributed by atoms with E-state index in [9.17, 15) is 0 Å². The summed E-state index contributed by atoms with van der Waals surface area (Å²) in [6.45, 7) is 15.8. The average Bonchev–Trinajstić information content (AvgIpc) is 2.40. The fourth-order valence-corrected chi connectivity index (χ4v) is 2.10. The summed E-state index contributed by atoms with van der Waals surface area (Å²) in [5.41, 5.74) is 6.92. The van der Waals surface area contributed by atoms with Gasteiger partial charge < -0.3 is 16.0 Å². The van der Waals surface area contributed by atoms with Gasteiger partial charge >= 0.3 is 0 Å². The second-order valence-corrected chi connectivity index (χ2v) is 5.63. The van der Waals surface area contributed by atoms with E-state index in [1.165, 1.54) is 0 Å². The Morgan fingerprint density at radius 2 is 1.75 bits per heavy atom. The van der Waals surface area contributed by atoms with Crippen LogP contribution in [0.2, 0.25) is 0 Å². The fourth-order valence-electron chi connectivity index (χ4n) is 2.10. The Hall–Kier alpha value is -1.36. The van der Waals surface area contributed by atoms with Gasteiger partial charge in [-0.2, -0.15) is 0 Å². The van der Waals surface area contributed by atoms with Gasteiger partial charge in [-0.15, -0.1) is 0 Å². The molecule has 5 nitrogen and oxygen atoms in total. The molecule has 0 aromatic carbocycles. The van der Waals surface area contributed by atoms with Crippen molar-refractivity contribution in [1.82, 2.24) is 14.9 Å². The van der Waals surface area contributed by atoms with Crippen LogP contribution in [0.25, 0.3) is 0 Å². The Labute approximate surface area is 123 Å². The average molecular weight is 279 g/mol. The van der Waals surface area contributed by atoms with Crippen molar-refractivity contribution >= 4 is 11.6 Å². The molecule has 0 amide bonds. The Morgan fingerprint density at radius 3 is 2.25 bits per heavy atom. The van der Waals surface area contributed by atoms with Crippen molar-refractivity contribution in [3.8, 4) is 0 Å². The van der Waals surface area contributed by atoms with E-state index in [4.69, 9.17) is 5.73 Å². The van der Waals surface area contributed by atoms with Gasteiger partial charge in [0.15, 0.2) is 0 Å². The van der Waals surface area contributed by atoms with E-state index in [-0.39, 0.29) is 5.92 Å². The number of anilines is 2. The minimum Gasteiger partial charge on any atom is -0.383 e. The summed E-state index contributed by atoms with van der Waals surface area (Å²) in [5, 5.41) is 3.47. The number of nitrogens with two attached hydrogens (primary N) is 1. The summed E-state index contributed by atoms with van der Waals surface area (Å²) >= 11 is 0. The number of likely N-dealkylation sites (N-methyl/N-ethyl adjacent to an activating group) is 1. The van der Waals surface area contributed by atoms with Crippen LogP contribution in [-0.4, -0.2) is 40.5 Å². The standard InChI is InChI=1S/C15H29N5/c1-7-20(8-2)9-11(5)17-15-12(6)13(16)18-14(19-15)10(3)4/h10-11H,7-9H2,1-6H3,(H3,16,17,18,19). The molecule has 1 unspecified atom stereocenters. The second kappa shape index (κ2) is 7.43. The molecule has 0 radical (unpaired) electrons. The summed E-state index contributed by atoms with van der Waals surface area (Å²) in [7, 11) is 0. The molecule has 0 saturated heterocycles. The Morgan fingerprint density at radius 1 is 1.15 bits per heavy atom. The molecular weight excluding hydrogens is 250 g/mol. The first kappa shape index (κ1) is 16.7. The Balaban J connectivity index is 2.85. The highest BCUT2D eigenvalue weighted by atomic mass is 15.2. The maximum Gasteiger partial charge on any atom is 0.135 e. The molecule has 114 valence electrons. The molecule has 0 aliphatic heterocycles. The maximum absolute atomic E-state index is 5.99. The molecule has 1 heterocycles. The smallest absolute Gasteiger partial charge is 0.135 e. The fraction of sp³-hybridized carbons (Fsp3) is 0.733. The van der Waals surface area contributed by atoms with Gasteiger partial charge in [0.1, 0.15) is 17.5 Å². The first-order valence-electron chi connectivity index (χ1n) is 7.51. The SMILES string of the molecule is CCN(CC)CC(C)Nc1nc(C(C)C)nc(N)c1C. The zero-order valence-corrected chi connectivity index (χ0v) is 13.7. The van der Waals surface area contributed by atoms with Crippen LogP contribution in [0.5, 0.6) is 0 Å². The highest BCUT2D eigenvalue weighted by Gasteiger charge is 2.14. The molecule has 0 aliphatic rings. The summed E-state index contributed by atoms with van der Waals surface area (Å²) in [6, 6.07) is 0.322. The van der Waals surface area contributed by atoms with Gasteiger partial charge in [0.05, 0.1) is 0 Å². The molecule has 0 spiro atoms. The normalized spacial score (nSPS) is 13.0. The van der Waals surface area contributed by atoms with Crippen molar-refractivity contribution in [1.29, 1.82) is 0 Å². The van der Waals surface area contributed by atoms with Crippen molar-refractivity contribution < 1.29 is 0 Å². The van der Waals surface area contributed by atoms with E-state index in [0.717, 1.165) is 36.8 Å². The molecule has 1 aromatic rings. The largest absolute Gasteiger partial charge is 0.383 e. The van der Waals surface area contributed by atoms with Crippen molar-refractivity contribution in [2.75, 3.05) is 30.7 Å². The number of hydrogen-bond donors (Lipinski definition) is 2. The van der Waals surface area contributed by atoms with Crippen LogP contribution >= 0.6 is 0 Å². The molecule has 3 N–H and O–H groups in total. The molecule has 20 heavy (non-hydrogen) atoms. The molecule has 0 fully saturated rings. The molecule has 1 aromatic heterocycles. The predicted molar refractivity (Wildman–Crippen MR) is 86.1 cm³/mol. The number of aromatic nitrogens is 2. The van der Waals surface area contributed by atoms with E-state index in [1.807, 2.05) is 6.92 Å². The van der Waals surface area contributed by atoms with E-state index < -0.39 is 0 Å². The van der Waals surface area contributed by atoms with Gasteiger partial charge in [0.2, 0.25) is 0 Å². The first-order chi connectivity index (χ1) is 9.38. The molecule has 0 aliphatic carbocycles. The third-order valence-corrected chi connectivity index (χ3v) is 3.53. The summed E-state index contributed by atoms with van der Waals surface area (Å²) in [6.07, 6.45) is 0. The number of nitrogens with one attached hydrogen (secondary N) is 1. The lowest BCUT2D eigenvalue weighted by Gasteiger charge is -2.24.